The molecule has 0 saturated carbocycles. The first-order valence-electron chi connectivity index (χ1n) is 8.40. The van der Waals surface area contributed by atoms with Crippen LogP contribution in [0.4, 0.5) is 10.7 Å². The van der Waals surface area contributed by atoms with E-state index in [0.717, 1.165) is 16.8 Å². The molecule has 2 aromatic rings. The largest absolute Gasteiger partial charge is 0.444 e. The molecule has 134 valence electrons. The lowest BCUT2D eigenvalue weighted by Gasteiger charge is -2.23. The summed E-state index contributed by atoms with van der Waals surface area (Å²) < 4.78 is 5.41. The highest BCUT2D eigenvalue weighted by molar-refractivity contribution is 5.69. The molecule has 0 aliphatic carbocycles. The van der Waals surface area contributed by atoms with Crippen LogP contribution in [0.5, 0.6) is 0 Å². The number of anilines is 1. The van der Waals surface area contributed by atoms with Gasteiger partial charge in [-0.1, -0.05) is 12.1 Å². The maximum atomic E-state index is 12.2. The fraction of sp³-hybridized carbons (Fsp3) is 0.368. The van der Waals surface area contributed by atoms with Gasteiger partial charge in [0.25, 0.3) is 0 Å². The number of rotatable bonds is 3. The van der Waals surface area contributed by atoms with Crippen molar-refractivity contribution in [3.63, 3.8) is 0 Å². The van der Waals surface area contributed by atoms with Gasteiger partial charge in [-0.05, 0) is 38.5 Å². The number of carbonyl (C=O) groups is 1. The number of benzene rings is 1. The van der Waals surface area contributed by atoms with Gasteiger partial charge in [-0.15, -0.1) is 0 Å². The Bertz CT molecular complexity index is 867. The molecule has 1 aromatic heterocycles. The molecule has 0 atom stereocenters. The Kier molecular flexibility index (Phi) is 4.76. The predicted molar refractivity (Wildman–Crippen MR) is 96.0 cm³/mol. The summed E-state index contributed by atoms with van der Waals surface area (Å²) in [6.07, 6.45) is 1.39. The summed E-state index contributed by atoms with van der Waals surface area (Å²) in [5, 5.41) is 12.1. The molecule has 1 aliphatic rings. The first-order valence-corrected chi connectivity index (χ1v) is 8.40. The maximum Gasteiger partial charge on any atom is 0.410 e. The monoisotopic (exact) mass is 351 g/mol. The van der Waals surface area contributed by atoms with Crippen LogP contribution in [0.1, 0.15) is 43.2 Å². The van der Waals surface area contributed by atoms with E-state index in [0.29, 0.717) is 31.1 Å². The summed E-state index contributed by atoms with van der Waals surface area (Å²) in [7, 11) is 0. The van der Waals surface area contributed by atoms with E-state index in [1.54, 1.807) is 17.2 Å². The van der Waals surface area contributed by atoms with E-state index in [9.17, 15) is 4.79 Å². The summed E-state index contributed by atoms with van der Waals surface area (Å²) in [6.45, 7) is 6.91. The Balaban J connectivity index is 1.63. The summed E-state index contributed by atoms with van der Waals surface area (Å²) in [5.74, 6) is 0.497. The fourth-order valence-corrected chi connectivity index (χ4v) is 2.63. The molecule has 0 radical (unpaired) electrons. The number of aromatic nitrogens is 2. The standard InChI is InChI=1S/C19H21N5O2/c1-19(2,3)26-18(25)24-11-15-10-22-17(23-16(15)12-24)21-9-14-6-4-5-13(7-14)8-20/h4-7,10H,9,11-12H2,1-3H3,(H,21,22,23). The molecule has 0 unspecified atom stereocenters. The minimum absolute atomic E-state index is 0.349. The van der Waals surface area contributed by atoms with Crippen LogP contribution in [-0.2, 0) is 24.4 Å². The molecular formula is C19H21N5O2. The van der Waals surface area contributed by atoms with Crippen LogP contribution in [0.3, 0.4) is 0 Å². The molecule has 1 N–H and O–H groups in total. The first kappa shape index (κ1) is 17.7. The number of hydrogen-bond donors (Lipinski definition) is 1. The molecule has 7 heteroatoms. The third-order valence-electron chi connectivity index (χ3n) is 3.81. The van der Waals surface area contributed by atoms with E-state index in [2.05, 4.69) is 21.4 Å². The molecule has 7 nitrogen and oxygen atoms in total. The van der Waals surface area contributed by atoms with Crippen LogP contribution in [-0.4, -0.2) is 26.6 Å². The highest BCUT2D eigenvalue weighted by Crippen LogP contribution is 2.23. The van der Waals surface area contributed by atoms with Crippen molar-refractivity contribution < 1.29 is 9.53 Å². The lowest BCUT2D eigenvalue weighted by atomic mass is 10.1. The smallest absolute Gasteiger partial charge is 0.410 e. The number of nitrogens with zero attached hydrogens (tertiary/aromatic N) is 4. The molecule has 1 aromatic carbocycles. The zero-order valence-electron chi connectivity index (χ0n) is 15.1. The van der Waals surface area contributed by atoms with Gasteiger partial charge in [0.1, 0.15) is 5.60 Å². The van der Waals surface area contributed by atoms with Crippen LogP contribution in [0.2, 0.25) is 0 Å². The Morgan fingerprint density at radius 3 is 2.92 bits per heavy atom. The number of carbonyl (C=O) groups excluding carboxylic acids is 1. The zero-order valence-corrected chi connectivity index (χ0v) is 15.1. The second-order valence-electron chi connectivity index (χ2n) is 7.17. The topological polar surface area (TPSA) is 91.1 Å². The maximum absolute atomic E-state index is 12.2. The fourth-order valence-electron chi connectivity index (χ4n) is 2.63. The van der Waals surface area contributed by atoms with Gasteiger partial charge in [0.15, 0.2) is 0 Å². The summed E-state index contributed by atoms with van der Waals surface area (Å²) in [5.41, 5.74) is 2.81. The third-order valence-corrected chi connectivity index (χ3v) is 3.81. The second-order valence-corrected chi connectivity index (χ2v) is 7.17. The number of fused-ring (bicyclic) bond motifs is 1. The molecule has 0 bridgehead atoms. The van der Waals surface area contributed by atoms with Gasteiger partial charge < -0.3 is 10.1 Å². The van der Waals surface area contributed by atoms with E-state index < -0.39 is 5.60 Å². The Hall–Kier alpha value is -3.14. The second kappa shape index (κ2) is 7.00. The summed E-state index contributed by atoms with van der Waals surface area (Å²) in [4.78, 5) is 22.6. The molecule has 26 heavy (non-hydrogen) atoms. The van der Waals surface area contributed by atoms with Crippen molar-refractivity contribution in [3.8, 4) is 6.07 Å². The van der Waals surface area contributed by atoms with Gasteiger partial charge in [0.05, 0.1) is 30.4 Å². The van der Waals surface area contributed by atoms with Gasteiger partial charge in [0, 0.05) is 18.3 Å². The van der Waals surface area contributed by atoms with E-state index in [1.807, 2.05) is 39.0 Å². The molecule has 3 rings (SSSR count). The van der Waals surface area contributed by atoms with Gasteiger partial charge in [-0.3, -0.25) is 4.90 Å². The van der Waals surface area contributed by atoms with Crippen molar-refractivity contribution in [1.82, 2.24) is 14.9 Å². The SMILES string of the molecule is CC(C)(C)OC(=O)N1Cc2cnc(NCc3cccc(C#N)c3)nc2C1. The molecule has 2 heterocycles. The predicted octanol–water partition coefficient (Wildman–Crippen LogP) is 3.21. The van der Waals surface area contributed by atoms with Crippen LogP contribution >= 0.6 is 0 Å². The number of hydrogen-bond acceptors (Lipinski definition) is 6. The number of ether oxygens (including phenoxy) is 1. The molecule has 0 fully saturated rings. The van der Waals surface area contributed by atoms with Crippen molar-refractivity contribution >= 4 is 12.0 Å². The van der Waals surface area contributed by atoms with Crippen LogP contribution in [0.25, 0.3) is 0 Å². The van der Waals surface area contributed by atoms with E-state index in [4.69, 9.17) is 10.00 Å². The van der Waals surface area contributed by atoms with Gasteiger partial charge in [-0.25, -0.2) is 14.8 Å². The Labute approximate surface area is 152 Å². The molecule has 1 aliphatic heterocycles. The van der Waals surface area contributed by atoms with E-state index in [1.165, 1.54) is 0 Å². The first-order chi connectivity index (χ1) is 12.3. The number of amides is 1. The quantitative estimate of drug-likeness (QED) is 0.913. The normalized spacial score (nSPS) is 13.1. The highest BCUT2D eigenvalue weighted by Gasteiger charge is 2.29. The summed E-state index contributed by atoms with van der Waals surface area (Å²) >= 11 is 0. The van der Waals surface area contributed by atoms with Crippen molar-refractivity contribution in [2.75, 3.05) is 5.32 Å². The Morgan fingerprint density at radius 1 is 1.38 bits per heavy atom. The Morgan fingerprint density at radius 2 is 2.19 bits per heavy atom. The summed E-state index contributed by atoms with van der Waals surface area (Å²) in [6, 6.07) is 9.49. The number of nitrogens with one attached hydrogen (secondary N) is 1. The lowest BCUT2D eigenvalue weighted by molar-refractivity contribution is 0.0240. The van der Waals surface area contributed by atoms with Crippen LogP contribution < -0.4 is 5.32 Å². The third kappa shape index (κ3) is 4.28. The van der Waals surface area contributed by atoms with E-state index >= 15 is 0 Å². The van der Waals surface area contributed by atoms with Crippen molar-refractivity contribution in [2.45, 2.75) is 46.0 Å². The minimum Gasteiger partial charge on any atom is -0.444 e. The van der Waals surface area contributed by atoms with Gasteiger partial charge >= 0.3 is 6.09 Å². The molecule has 0 spiro atoms. The van der Waals surface area contributed by atoms with Crippen LogP contribution in [0.15, 0.2) is 30.5 Å². The average molecular weight is 351 g/mol. The molecule has 1 amide bonds. The van der Waals surface area contributed by atoms with Crippen molar-refractivity contribution in [2.24, 2.45) is 0 Å². The minimum atomic E-state index is -0.526. The van der Waals surface area contributed by atoms with Crippen LogP contribution in [0, 0.1) is 11.3 Å². The zero-order chi connectivity index (χ0) is 18.7. The van der Waals surface area contributed by atoms with Gasteiger partial charge in [0.2, 0.25) is 5.95 Å². The van der Waals surface area contributed by atoms with E-state index in [-0.39, 0.29) is 6.09 Å². The highest BCUT2D eigenvalue weighted by atomic mass is 16.6. The number of nitriles is 1. The van der Waals surface area contributed by atoms with Crippen molar-refractivity contribution in [1.29, 1.82) is 5.26 Å². The lowest BCUT2D eigenvalue weighted by Crippen LogP contribution is -2.33. The van der Waals surface area contributed by atoms with Gasteiger partial charge in [-0.2, -0.15) is 5.26 Å². The molecule has 0 saturated heterocycles. The average Bonchev–Trinajstić information content (AvgIpc) is 3.02. The molecular weight excluding hydrogens is 330 g/mol. The van der Waals surface area contributed by atoms with Crippen molar-refractivity contribution in [3.05, 3.63) is 52.8 Å².